The zero-order valence-electron chi connectivity index (χ0n) is 16.4. The fourth-order valence-corrected chi connectivity index (χ4v) is 3.37. The molecule has 0 aliphatic carbocycles. The highest BCUT2D eigenvalue weighted by molar-refractivity contribution is 7.13. The van der Waals surface area contributed by atoms with Crippen LogP contribution in [0.3, 0.4) is 0 Å². The number of hydrogen-bond donors (Lipinski definition) is 4. The van der Waals surface area contributed by atoms with Crippen LogP contribution in [0.2, 0.25) is 0 Å². The number of thiazole rings is 1. The van der Waals surface area contributed by atoms with E-state index in [1.165, 1.54) is 5.38 Å². The fraction of sp³-hybridized carbons (Fsp3) is 0.500. The smallest absolute Gasteiger partial charge is 0.366 e. The van der Waals surface area contributed by atoms with Crippen LogP contribution in [0.5, 0.6) is 0 Å². The number of oxime groups is 1. The Morgan fingerprint density at radius 3 is 2.58 bits per heavy atom. The average Bonchev–Trinajstić information content (AvgIpc) is 3.07. The number of β-lactam (4-membered cyclic amide) rings is 1. The minimum atomic E-state index is -1.95. The molecule has 1 aromatic heterocycles. The number of aliphatic carboxylic acids is 2. The monoisotopic (exact) mass is 457 g/mol. The summed E-state index contributed by atoms with van der Waals surface area (Å²) >= 11 is 1.02. The number of hydrogen-bond acceptors (Lipinski definition) is 11. The Bertz CT molecular complexity index is 955. The Morgan fingerprint density at radius 2 is 2.13 bits per heavy atom. The number of carboxylic acid groups (broad SMARTS) is 2. The second-order valence-corrected chi connectivity index (χ2v) is 8.01. The van der Waals surface area contributed by atoms with E-state index in [-0.39, 0.29) is 29.6 Å². The molecule has 3 heterocycles. The minimum Gasteiger partial charge on any atom is -0.479 e. The molecule has 14 nitrogen and oxygen atoms in total. The van der Waals surface area contributed by atoms with Crippen molar-refractivity contribution in [2.45, 2.75) is 37.6 Å². The van der Waals surface area contributed by atoms with Gasteiger partial charge in [-0.2, -0.15) is 0 Å². The molecule has 2 aliphatic heterocycles. The number of anilines is 1. The summed E-state index contributed by atoms with van der Waals surface area (Å²) in [6.45, 7) is 2.46. The first-order valence-electron chi connectivity index (χ1n) is 8.82. The zero-order valence-corrected chi connectivity index (χ0v) is 17.2. The van der Waals surface area contributed by atoms with Gasteiger partial charge < -0.3 is 30.8 Å². The number of nitrogen functional groups attached to an aromatic ring is 1. The van der Waals surface area contributed by atoms with E-state index in [1.54, 1.807) is 13.8 Å². The van der Waals surface area contributed by atoms with Gasteiger partial charge in [0.25, 0.3) is 17.6 Å². The first-order valence-corrected chi connectivity index (χ1v) is 9.70. The van der Waals surface area contributed by atoms with Gasteiger partial charge in [0.2, 0.25) is 6.61 Å². The van der Waals surface area contributed by atoms with Crippen LogP contribution in [0.25, 0.3) is 0 Å². The van der Waals surface area contributed by atoms with E-state index in [2.05, 4.69) is 20.3 Å². The third-order valence-corrected chi connectivity index (χ3v) is 5.28. The van der Waals surface area contributed by atoms with Crippen LogP contribution in [-0.2, 0) is 33.6 Å². The van der Waals surface area contributed by atoms with Crippen molar-refractivity contribution in [2.75, 3.05) is 18.9 Å². The molecule has 2 saturated heterocycles. The van der Waals surface area contributed by atoms with E-state index in [0.29, 0.717) is 0 Å². The van der Waals surface area contributed by atoms with Gasteiger partial charge in [0.15, 0.2) is 10.8 Å². The van der Waals surface area contributed by atoms with E-state index >= 15 is 0 Å². The third kappa shape index (κ3) is 4.14. The molecular formula is C16H19N5O9S. The molecule has 1 aromatic rings. The number of amides is 2. The summed E-state index contributed by atoms with van der Waals surface area (Å²) in [6.07, 6.45) is 0.0577. The lowest BCUT2D eigenvalue weighted by molar-refractivity contribution is -0.396. The first kappa shape index (κ1) is 22.4. The van der Waals surface area contributed by atoms with E-state index in [4.69, 9.17) is 20.4 Å². The van der Waals surface area contributed by atoms with Gasteiger partial charge in [-0.25, -0.2) is 24.5 Å². The highest BCUT2D eigenvalue weighted by Crippen LogP contribution is 2.38. The average molecular weight is 457 g/mol. The summed E-state index contributed by atoms with van der Waals surface area (Å²) in [5.41, 5.74) is 4.07. The molecule has 2 amide bonds. The maximum Gasteiger partial charge on any atom is 0.366 e. The van der Waals surface area contributed by atoms with Crippen LogP contribution in [0.15, 0.2) is 10.5 Å². The second kappa shape index (κ2) is 8.09. The fourth-order valence-electron chi connectivity index (χ4n) is 2.82. The Labute approximate surface area is 178 Å². The molecule has 168 valence electrons. The largest absolute Gasteiger partial charge is 0.479 e. The van der Waals surface area contributed by atoms with Gasteiger partial charge >= 0.3 is 11.9 Å². The Morgan fingerprint density at radius 1 is 1.45 bits per heavy atom. The van der Waals surface area contributed by atoms with Crippen molar-refractivity contribution >= 4 is 45.9 Å². The van der Waals surface area contributed by atoms with E-state index < -0.39 is 47.7 Å². The van der Waals surface area contributed by atoms with Gasteiger partial charge in [0.1, 0.15) is 11.7 Å². The molecule has 2 unspecified atom stereocenters. The minimum absolute atomic E-state index is 0.0239. The number of ether oxygens (including phenoxy) is 1. The van der Waals surface area contributed by atoms with Crippen LogP contribution >= 0.6 is 11.3 Å². The number of hydroxylamine groups is 2. The number of nitrogens with zero attached hydrogens (tertiary/aromatic N) is 3. The van der Waals surface area contributed by atoms with Gasteiger partial charge in [-0.15, -0.1) is 11.3 Å². The van der Waals surface area contributed by atoms with Crippen LogP contribution < -0.4 is 11.1 Å². The van der Waals surface area contributed by atoms with Crippen molar-refractivity contribution < 1.29 is 43.8 Å². The highest BCUT2D eigenvalue weighted by atomic mass is 32.1. The number of aromatic nitrogens is 1. The number of nitrogens with two attached hydrogens (primary N) is 1. The normalized spacial score (nSPS) is 24.7. The number of rotatable bonds is 9. The molecule has 3 rings (SSSR count). The molecule has 2 aliphatic rings. The van der Waals surface area contributed by atoms with E-state index in [0.717, 1.165) is 16.4 Å². The molecule has 31 heavy (non-hydrogen) atoms. The highest BCUT2D eigenvalue weighted by Gasteiger charge is 2.61. The molecule has 2 fully saturated rings. The Balaban J connectivity index is 1.74. The molecule has 0 radical (unpaired) electrons. The standard InChI is InChI=1S/C16H19N5O9S/c1-15(2)10(12(25)21(15)30-16(13(26)27)3-4-28-16)19-11(24)9(20-29-5-8(22)23)7-6-31-14(17)18-7/h6,10H,3-5H2,1-2H3,(H2,17,18)(H,19,24)(H,22,23)(H,26,27). The number of carbonyl (C=O) groups is 4. The maximum atomic E-state index is 12.8. The summed E-state index contributed by atoms with van der Waals surface area (Å²) in [5, 5.41) is 26.3. The van der Waals surface area contributed by atoms with Crippen LogP contribution in [0.4, 0.5) is 5.13 Å². The number of carbonyl (C=O) groups excluding carboxylic acids is 2. The first-order chi connectivity index (χ1) is 14.5. The van der Waals surface area contributed by atoms with Gasteiger partial charge in [0, 0.05) is 11.8 Å². The molecule has 5 N–H and O–H groups in total. The molecular weight excluding hydrogens is 438 g/mol. The molecule has 0 aromatic carbocycles. The maximum absolute atomic E-state index is 12.8. The van der Waals surface area contributed by atoms with Crippen molar-refractivity contribution in [1.29, 1.82) is 0 Å². The Hall–Kier alpha value is -3.30. The van der Waals surface area contributed by atoms with E-state index in [1.807, 2.05) is 0 Å². The van der Waals surface area contributed by atoms with Gasteiger partial charge in [-0.1, -0.05) is 5.16 Å². The summed E-state index contributed by atoms with van der Waals surface area (Å²) in [5.74, 6) is -6.22. The van der Waals surface area contributed by atoms with Gasteiger partial charge in [-0.05, 0) is 13.8 Å². The number of carboxylic acids is 2. The topological polar surface area (TPSA) is 203 Å². The van der Waals surface area contributed by atoms with Crippen LogP contribution in [-0.4, -0.2) is 80.3 Å². The lowest BCUT2D eigenvalue weighted by Gasteiger charge is -2.55. The van der Waals surface area contributed by atoms with Crippen molar-refractivity contribution in [3.63, 3.8) is 0 Å². The van der Waals surface area contributed by atoms with E-state index in [9.17, 15) is 24.3 Å². The van der Waals surface area contributed by atoms with Gasteiger partial charge in [-0.3, -0.25) is 9.59 Å². The number of nitrogens with one attached hydrogen (secondary N) is 1. The SMILES string of the molecule is CC1(C)C(NC(=O)C(=NOCC(=O)O)c2csc(N)n2)C(=O)N1OC1(C(=O)O)CCO1. The molecule has 0 saturated carbocycles. The van der Waals surface area contributed by atoms with Gasteiger partial charge in [0.05, 0.1) is 12.1 Å². The molecule has 0 bridgehead atoms. The van der Waals surface area contributed by atoms with Crippen molar-refractivity contribution in [1.82, 2.24) is 15.4 Å². The summed E-state index contributed by atoms with van der Waals surface area (Å²) < 4.78 is 5.00. The van der Waals surface area contributed by atoms with Crippen molar-refractivity contribution in [3.8, 4) is 0 Å². The predicted octanol–water partition coefficient (Wildman–Crippen LogP) is -1.23. The third-order valence-electron chi connectivity index (χ3n) is 4.61. The van der Waals surface area contributed by atoms with Crippen LogP contribution in [0.1, 0.15) is 26.0 Å². The summed E-state index contributed by atoms with van der Waals surface area (Å²) in [4.78, 5) is 61.2. The summed E-state index contributed by atoms with van der Waals surface area (Å²) in [7, 11) is 0. The predicted molar refractivity (Wildman–Crippen MR) is 102 cm³/mol. The lowest BCUT2D eigenvalue weighted by Crippen LogP contribution is -2.78. The van der Waals surface area contributed by atoms with Crippen molar-refractivity contribution in [3.05, 3.63) is 11.1 Å². The quantitative estimate of drug-likeness (QED) is 0.196. The molecule has 15 heteroatoms. The lowest BCUT2D eigenvalue weighted by atomic mass is 9.84. The molecule has 2 atom stereocenters. The Kier molecular flexibility index (Phi) is 5.84. The second-order valence-electron chi connectivity index (χ2n) is 7.12. The van der Waals surface area contributed by atoms with Crippen LogP contribution in [0, 0.1) is 0 Å². The van der Waals surface area contributed by atoms with Crippen molar-refractivity contribution in [2.24, 2.45) is 5.16 Å². The zero-order chi connectivity index (χ0) is 23.0. The summed E-state index contributed by atoms with van der Waals surface area (Å²) in [6, 6.07) is -1.11. The molecule has 0 spiro atoms.